The number of likely N-dealkylation sites (tertiary alicyclic amines) is 1. The Kier molecular flexibility index (Phi) is 2.73. The second kappa shape index (κ2) is 4.04. The second-order valence-electron chi connectivity index (χ2n) is 4.05. The van der Waals surface area contributed by atoms with Gasteiger partial charge in [-0.2, -0.15) is 0 Å². The molecule has 0 N–H and O–H groups in total. The molecule has 1 heterocycles. The lowest BCUT2D eigenvalue weighted by Gasteiger charge is -2.14. The predicted octanol–water partition coefficient (Wildman–Crippen LogP) is 1.72. The molecule has 1 atom stereocenters. The Morgan fingerprint density at radius 3 is 2.44 bits per heavy atom. The van der Waals surface area contributed by atoms with Crippen molar-refractivity contribution in [1.29, 1.82) is 0 Å². The maximum absolute atomic E-state index is 12.7. The Hall–Kier alpha value is -1.71. The van der Waals surface area contributed by atoms with Crippen molar-refractivity contribution in [3.05, 3.63) is 35.6 Å². The van der Waals surface area contributed by atoms with Crippen LogP contribution < -0.4 is 0 Å². The first-order valence-corrected chi connectivity index (χ1v) is 5.16. The number of halogens is 1. The van der Waals surface area contributed by atoms with Gasteiger partial charge in [-0.25, -0.2) is 4.39 Å². The molecule has 4 heteroatoms. The minimum atomic E-state index is -0.323. The molecule has 0 aliphatic carbocycles. The fraction of sp³-hybridized carbons (Fsp3) is 0.333. The number of imide groups is 1. The Morgan fingerprint density at radius 2 is 1.94 bits per heavy atom. The Labute approximate surface area is 92.9 Å². The molecule has 16 heavy (non-hydrogen) atoms. The zero-order valence-electron chi connectivity index (χ0n) is 8.94. The van der Waals surface area contributed by atoms with Gasteiger partial charge in [0.25, 0.3) is 0 Å². The van der Waals surface area contributed by atoms with Crippen LogP contribution in [-0.4, -0.2) is 16.7 Å². The molecule has 1 aliphatic rings. The lowest BCUT2D eigenvalue weighted by molar-refractivity contribution is -0.139. The summed E-state index contributed by atoms with van der Waals surface area (Å²) in [6.45, 7) is 1.98. The van der Waals surface area contributed by atoms with Crippen molar-refractivity contribution in [1.82, 2.24) is 4.90 Å². The van der Waals surface area contributed by atoms with Gasteiger partial charge in [-0.3, -0.25) is 14.5 Å². The van der Waals surface area contributed by atoms with Crippen molar-refractivity contribution in [3.63, 3.8) is 0 Å². The van der Waals surface area contributed by atoms with E-state index in [0.717, 1.165) is 5.56 Å². The topological polar surface area (TPSA) is 37.4 Å². The molecule has 84 valence electrons. The van der Waals surface area contributed by atoms with Crippen molar-refractivity contribution in [2.24, 2.45) is 5.92 Å². The summed E-state index contributed by atoms with van der Waals surface area (Å²) in [5.74, 6) is -0.847. The van der Waals surface area contributed by atoms with Crippen LogP contribution in [0.3, 0.4) is 0 Å². The smallest absolute Gasteiger partial charge is 0.232 e. The molecule has 1 unspecified atom stereocenters. The quantitative estimate of drug-likeness (QED) is 0.713. The number of hydrogen-bond donors (Lipinski definition) is 0. The molecule has 0 aromatic heterocycles. The van der Waals surface area contributed by atoms with Gasteiger partial charge in [-0.05, 0) is 17.7 Å². The fourth-order valence-corrected chi connectivity index (χ4v) is 1.79. The van der Waals surface area contributed by atoms with Gasteiger partial charge in [0.2, 0.25) is 11.8 Å². The molecular formula is C12H12FNO2. The van der Waals surface area contributed by atoms with Gasteiger partial charge in [0.1, 0.15) is 5.82 Å². The van der Waals surface area contributed by atoms with Crippen LogP contribution in [-0.2, 0) is 16.1 Å². The monoisotopic (exact) mass is 221 g/mol. The van der Waals surface area contributed by atoms with Gasteiger partial charge in [0.15, 0.2) is 0 Å². The number of benzene rings is 1. The number of hydrogen-bond acceptors (Lipinski definition) is 2. The first-order chi connectivity index (χ1) is 7.58. The van der Waals surface area contributed by atoms with Crippen molar-refractivity contribution < 1.29 is 14.0 Å². The number of rotatable bonds is 2. The Morgan fingerprint density at radius 1 is 1.31 bits per heavy atom. The number of carbonyl (C=O) groups is 2. The molecule has 0 bridgehead atoms. The highest BCUT2D eigenvalue weighted by molar-refractivity contribution is 6.03. The normalized spacial score (nSPS) is 20.6. The molecule has 2 amide bonds. The van der Waals surface area contributed by atoms with Crippen LogP contribution in [0, 0.1) is 11.7 Å². The van der Waals surface area contributed by atoms with Crippen LogP contribution in [0.1, 0.15) is 18.9 Å². The van der Waals surface area contributed by atoms with Gasteiger partial charge < -0.3 is 0 Å². The highest BCUT2D eigenvalue weighted by Crippen LogP contribution is 2.21. The van der Waals surface area contributed by atoms with Crippen molar-refractivity contribution in [2.45, 2.75) is 19.9 Å². The molecule has 1 aromatic rings. The number of carbonyl (C=O) groups excluding carboxylic acids is 2. The summed E-state index contributed by atoms with van der Waals surface area (Å²) in [6.07, 6.45) is 0.278. The summed E-state index contributed by atoms with van der Waals surface area (Å²) >= 11 is 0. The summed E-state index contributed by atoms with van der Waals surface area (Å²) < 4.78 is 12.7. The number of nitrogens with zero attached hydrogens (tertiary/aromatic N) is 1. The fourth-order valence-electron chi connectivity index (χ4n) is 1.79. The first kappa shape index (κ1) is 10.8. The molecule has 1 saturated heterocycles. The molecule has 0 radical (unpaired) electrons. The molecule has 1 fully saturated rings. The van der Waals surface area contributed by atoms with Crippen molar-refractivity contribution in [3.8, 4) is 0 Å². The van der Waals surface area contributed by atoms with Crippen LogP contribution in [0.4, 0.5) is 4.39 Å². The SMILES string of the molecule is CC1CC(=O)N(Cc2ccc(F)cc2)C1=O. The average Bonchev–Trinajstić information content (AvgIpc) is 2.48. The van der Waals surface area contributed by atoms with Gasteiger partial charge >= 0.3 is 0 Å². The van der Waals surface area contributed by atoms with E-state index >= 15 is 0 Å². The molecule has 3 nitrogen and oxygen atoms in total. The van der Waals surface area contributed by atoms with E-state index in [1.165, 1.54) is 17.0 Å². The maximum Gasteiger partial charge on any atom is 0.232 e. The molecule has 1 aromatic carbocycles. The van der Waals surface area contributed by atoms with E-state index < -0.39 is 0 Å². The minimum Gasteiger partial charge on any atom is -0.278 e. The average molecular weight is 221 g/mol. The predicted molar refractivity (Wildman–Crippen MR) is 55.7 cm³/mol. The molecule has 2 rings (SSSR count). The highest BCUT2D eigenvalue weighted by Gasteiger charge is 2.35. The lowest BCUT2D eigenvalue weighted by atomic mass is 10.1. The summed E-state index contributed by atoms with van der Waals surface area (Å²) in [7, 11) is 0. The summed E-state index contributed by atoms with van der Waals surface area (Å²) in [5.41, 5.74) is 0.761. The molecule has 1 aliphatic heterocycles. The third-order valence-electron chi connectivity index (χ3n) is 2.72. The first-order valence-electron chi connectivity index (χ1n) is 5.16. The van der Waals surface area contributed by atoms with Gasteiger partial charge in [-0.1, -0.05) is 19.1 Å². The van der Waals surface area contributed by atoms with Crippen LogP contribution >= 0.6 is 0 Å². The Bertz CT molecular complexity index is 427. The molecular weight excluding hydrogens is 209 g/mol. The zero-order valence-corrected chi connectivity index (χ0v) is 8.94. The van der Waals surface area contributed by atoms with Crippen LogP contribution in [0.15, 0.2) is 24.3 Å². The summed E-state index contributed by atoms with van der Waals surface area (Å²) in [4.78, 5) is 24.3. The minimum absolute atomic E-state index is 0.144. The van der Waals surface area contributed by atoms with Gasteiger partial charge in [0.05, 0.1) is 6.54 Å². The second-order valence-corrected chi connectivity index (χ2v) is 4.05. The van der Waals surface area contributed by atoms with Crippen molar-refractivity contribution >= 4 is 11.8 Å². The van der Waals surface area contributed by atoms with Crippen molar-refractivity contribution in [2.75, 3.05) is 0 Å². The lowest BCUT2D eigenvalue weighted by Crippen LogP contribution is -2.29. The van der Waals surface area contributed by atoms with E-state index in [2.05, 4.69) is 0 Å². The van der Waals surface area contributed by atoms with E-state index in [1.807, 2.05) is 0 Å². The third-order valence-corrected chi connectivity index (χ3v) is 2.72. The Balaban J connectivity index is 2.13. The van der Waals surface area contributed by atoms with E-state index in [9.17, 15) is 14.0 Å². The highest BCUT2D eigenvalue weighted by atomic mass is 19.1. The van der Waals surface area contributed by atoms with Crippen LogP contribution in [0.5, 0.6) is 0 Å². The van der Waals surface area contributed by atoms with Gasteiger partial charge in [-0.15, -0.1) is 0 Å². The van der Waals surface area contributed by atoms with Crippen LogP contribution in [0.25, 0.3) is 0 Å². The van der Waals surface area contributed by atoms with E-state index in [1.54, 1.807) is 19.1 Å². The number of amides is 2. The van der Waals surface area contributed by atoms with E-state index in [4.69, 9.17) is 0 Å². The zero-order chi connectivity index (χ0) is 11.7. The third kappa shape index (κ3) is 1.96. The van der Waals surface area contributed by atoms with E-state index in [-0.39, 0.29) is 36.5 Å². The summed E-state index contributed by atoms with van der Waals surface area (Å²) in [6, 6.07) is 5.81. The maximum atomic E-state index is 12.7. The van der Waals surface area contributed by atoms with Crippen LogP contribution in [0.2, 0.25) is 0 Å². The molecule has 0 saturated carbocycles. The van der Waals surface area contributed by atoms with E-state index in [0.29, 0.717) is 0 Å². The summed E-state index contributed by atoms with van der Waals surface area (Å²) in [5, 5.41) is 0. The van der Waals surface area contributed by atoms with Gasteiger partial charge in [0, 0.05) is 12.3 Å². The standard InChI is InChI=1S/C12H12FNO2/c1-8-6-11(15)14(12(8)16)7-9-2-4-10(13)5-3-9/h2-5,8H,6-7H2,1H3. The largest absolute Gasteiger partial charge is 0.278 e. The molecule has 0 spiro atoms.